The molecule has 9 heteroatoms. The number of hydrogen-bond acceptors (Lipinski definition) is 6. The van der Waals surface area contributed by atoms with Crippen molar-refractivity contribution in [2.24, 2.45) is 5.90 Å². The van der Waals surface area contributed by atoms with E-state index in [1.807, 2.05) is 0 Å². The lowest BCUT2D eigenvalue weighted by Gasteiger charge is -1.97. The Morgan fingerprint density at radius 3 is 1.94 bits per heavy atom. The third-order valence-electron chi connectivity index (χ3n) is 1.62. The Labute approximate surface area is 102 Å². The van der Waals surface area contributed by atoms with Gasteiger partial charge in [-0.25, -0.2) is 0 Å². The summed E-state index contributed by atoms with van der Waals surface area (Å²) in [4.78, 5) is 14.5. The lowest BCUT2D eigenvalue weighted by Crippen LogP contribution is -2.08. The maximum Gasteiger partial charge on any atom is 0.394 e. The van der Waals surface area contributed by atoms with E-state index in [4.69, 9.17) is 17.5 Å². The summed E-state index contributed by atoms with van der Waals surface area (Å²) in [5, 5.41) is 0. The maximum absolute atomic E-state index is 10.5. The van der Waals surface area contributed by atoms with Crippen molar-refractivity contribution in [2.75, 3.05) is 0 Å². The molecule has 0 amide bonds. The second kappa shape index (κ2) is 13.3. The summed E-state index contributed by atoms with van der Waals surface area (Å²) in [6, 6.07) is 0. The first kappa shape index (κ1) is 21.5. The molecule has 0 aromatic heterocycles. The van der Waals surface area contributed by atoms with E-state index in [2.05, 4.69) is 17.7 Å². The number of nitrogens with two attached hydrogens (primary N) is 1. The van der Waals surface area contributed by atoms with Crippen LogP contribution in [-0.2, 0) is 20.0 Å². The molecule has 0 aliphatic carbocycles. The zero-order valence-corrected chi connectivity index (χ0v) is 10.8. The van der Waals surface area contributed by atoms with Crippen LogP contribution in [0.15, 0.2) is 0 Å². The summed E-state index contributed by atoms with van der Waals surface area (Å²) in [5.41, 5.74) is 0. The Morgan fingerprint density at radius 1 is 1.18 bits per heavy atom. The molecule has 0 aliphatic heterocycles. The number of rotatable bonds is 6. The second-order valence-electron chi connectivity index (χ2n) is 3.10. The molecule has 0 atom stereocenters. The minimum Gasteiger partial charge on any atom is -0.373 e. The first-order valence-corrected chi connectivity index (χ1v) is 6.30. The van der Waals surface area contributed by atoms with Crippen molar-refractivity contribution in [3.8, 4) is 0 Å². The van der Waals surface area contributed by atoms with Crippen LogP contribution in [0.1, 0.15) is 45.4 Å². The number of hydrogen-bond donors (Lipinski definition) is 4. The molecule has 0 saturated carbocycles. The van der Waals surface area contributed by atoms with Gasteiger partial charge in [0.15, 0.2) is 0 Å². The van der Waals surface area contributed by atoms with Crippen molar-refractivity contribution in [1.29, 1.82) is 0 Å². The topological polar surface area (TPSA) is 162 Å². The molecule has 0 fully saturated rings. The fraction of sp³-hybridized carbons (Fsp3) is 0.875. The molecule has 106 valence electrons. The predicted octanol–water partition coefficient (Wildman–Crippen LogP) is 1.27. The summed E-state index contributed by atoms with van der Waals surface area (Å²) in [6.45, 7) is 2.16. The molecule has 0 heterocycles. The highest BCUT2D eigenvalue weighted by Crippen LogP contribution is 2.04. The normalized spacial score (nSPS) is 9.65. The van der Waals surface area contributed by atoms with Crippen LogP contribution in [0.5, 0.6) is 0 Å². The molecule has 0 aromatic rings. The molecule has 0 aliphatic rings. The van der Waals surface area contributed by atoms with E-state index >= 15 is 0 Å². The minimum atomic E-state index is -4.67. The number of unbranched alkanes of at least 4 members (excludes halogenated alkanes) is 4. The van der Waals surface area contributed by atoms with E-state index < -0.39 is 10.4 Å². The Kier molecular flexibility index (Phi) is 16.9. The third-order valence-corrected chi connectivity index (χ3v) is 1.62. The van der Waals surface area contributed by atoms with Gasteiger partial charge in [-0.2, -0.15) is 14.3 Å². The molecule has 0 saturated heterocycles. The van der Waals surface area contributed by atoms with Crippen LogP contribution in [0.3, 0.4) is 0 Å². The van der Waals surface area contributed by atoms with Crippen molar-refractivity contribution in [2.45, 2.75) is 45.4 Å². The van der Waals surface area contributed by atoms with E-state index in [9.17, 15) is 4.79 Å². The molecule has 0 aromatic carbocycles. The molecule has 0 spiro atoms. The first-order valence-electron chi connectivity index (χ1n) is 4.90. The van der Waals surface area contributed by atoms with Crippen LogP contribution >= 0.6 is 0 Å². The molecule has 0 radical (unpaired) electrons. The fourth-order valence-electron chi connectivity index (χ4n) is 0.932. The average Bonchev–Trinajstić information content (AvgIpc) is 2.14. The van der Waals surface area contributed by atoms with Gasteiger partial charge in [0, 0.05) is 6.42 Å². The van der Waals surface area contributed by atoms with Crippen LogP contribution < -0.4 is 12.0 Å². The van der Waals surface area contributed by atoms with Gasteiger partial charge < -0.3 is 11.0 Å². The zero-order chi connectivity index (χ0) is 13.0. The lowest BCUT2D eigenvalue weighted by atomic mass is 10.1. The Hall–Kier alpha value is -0.740. The van der Waals surface area contributed by atoms with Crippen LogP contribution in [0, 0.1) is 0 Å². The van der Waals surface area contributed by atoms with Gasteiger partial charge in [-0.15, -0.1) is 0 Å². The van der Waals surface area contributed by atoms with Gasteiger partial charge in [-0.05, 0) is 6.42 Å². The van der Waals surface area contributed by atoms with Crippen LogP contribution in [0.4, 0.5) is 0 Å². The predicted molar refractivity (Wildman–Crippen MR) is 62.9 cm³/mol. The lowest BCUT2D eigenvalue weighted by molar-refractivity contribution is -0.144. The van der Waals surface area contributed by atoms with E-state index in [0.717, 1.165) is 12.8 Å². The molecule has 0 bridgehead atoms. The average molecular weight is 274 g/mol. The monoisotopic (exact) mass is 274 g/mol. The highest BCUT2D eigenvalue weighted by molar-refractivity contribution is 7.79. The molecular formula is C8H22N2O6S. The third kappa shape index (κ3) is 39.3. The van der Waals surface area contributed by atoms with E-state index in [0.29, 0.717) is 6.42 Å². The van der Waals surface area contributed by atoms with Gasteiger partial charge in [0.2, 0.25) is 0 Å². The highest BCUT2D eigenvalue weighted by Gasteiger charge is 1.98. The molecule has 0 unspecified atom stereocenters. The Bertz CT molecular complexity index is 259. The minimum absolute atomic E-state index is 0. The largest absolute Gasteiger partial charge is 0.394 e. The summed E-state index contributed by atoms with van der Waals surface area (Å²) >= 11 is 0. The van der Waals surface area contributed by atoms with Crippen molar-refractivity contribution >= 4 is 16.4 Å². The van der Waals surface area contributed by atoms with Gasteiger partial charge in [-0.1, -0.05) is 32.6 Å². The molecule has 17 heavy (non-hydrogen) atoms. The smallest absolute Gasteiger partial charge is 0.373 e. The summed E-state index contributed by atoms with van der Waals surface area (Å²) in [7, 11) is -4.67. The maximum atomic E-state index is 10.5. The van der Waals surface area contributed by atoms with Crippen molar-refractivity contribution in [3.05, 3.63) is 0 Å². The second-order valence-corrected chi connectivity index (χ2v) is 4.00. The van der Waals surface area contributed by atoms with Crippen molar-refractivity contribution < 1.29 is 27.2 Å². The fourth-order valence-corrected chi connectivity index (χ4v) is 0.932. The Morgan fingerprint density at radius 2 is 1.59 bits per heavy atom. The van der Waals surface area contributed by atoms with Gasteiger partial charge >= 0.3 is 16.4 Å². The Balaban J connectivity index is -0.000000280. The number of carbonyl (C=O) groups excluding carboxylic acids is 1. The van der Waals surface area contributed by atoms with Crippen molar-refractivity contribution in [3.63, 3.8) is 0 Å². The van der Waals surface area contributed by atoms with Gasteiger partial charge in [0.25, 0.3) is 0 Å². The SMILES string of the molecule is CCCCCCCC(=O)ON.N.O=S(=O)(O)O. The van der Waals surface area contributed by atoms with Gasteiger partial charge in [-0.3, -0.25) is 13.9 Å². The van der Waals surface area contributed by atoms with E-state index in [-0.39, 0.29) is 12.1 Å². The van der Waals surface area contributed by atoms with Gasteiger partial charge in [0.05, 0.1) is 0 Å². The van der Waals surface area contributed by atoms with E-state index in [1.165, 1.54) is 19.3 Å². The molecular weight excluding hydrogens is 252 g/mol. The first-order chi connectivity index (χ1) is 7.31. The number of carbonyl (C=O) groups is 1. The van der Waals surface area contributed by atoms with Crippen LogP contribution in [-0.4, -0.2) is 23.5 Å². The molecule has 8 nitrogen and oxygen atoms in total. The van der Waals surface area contributed by atoms with Crippen LogP contribution in [0.25, 0.3) is 0 Å². The molecule has 7 N–H and O–H groups in total. The molecule has 0 rings (SSSR count). The standard InChI is InChI=1S/C8H17NO2.H3N.H2O4S/c1-2-3-4-5-6-7-8(10)11-9;;1-5(2,3)4/h2-7,9H2,1H3;1H3;(H2,1,2,3,4). The van der Waals surface area contributed by atoms with E-state index in [1.54, 1.807) is 0 Å². The summed E-state index contributed by atoms with van der Waals surface area (Å²) < 4.78 is 31.6. The van der Waals surface area contributed by atoms with Crippen LogP contribution in [0.2, 0.25) is 0 Å². The quantitative estimate of drug-likeness (QED) is 0.319. The summed E-state index contributed by atoms with van der Waals surface area (Å²) in [5.74, 6) is 4.36. The zero-order valence-electron chi connectivity index (χ0n) is 9.96. The van der Waals surface area contributed by atoms with Gasteiger partial charge in [0.1, 0.15) is 0 Å². The van der Waals surface area contributed by atoms with Crippen molar-refractivity contribution in [1.82, 2.24) is 6.15 Å². The highest BCUT2D eigenvalue weighted by atomic mass is 32.3. The summed E-state index contributed by atoms with van der Waals surface area (Å²) in [6.07, 6.45) is 6.13.